The first-order chi connectivity index (χ1) is 12.4. The lowest BCUT2D eigenvalue weighted by atomic mass is 10.0. The average molecular weight is 339 g/mol. The third-order valence-electron chi connectivity index (χ3n) is 4.73. The van der Waals surface area contributed by atoms with Gasteiger partial charge in [-0.15, -0.1) is 0 Å². The minimum absolute atomic E-state index is 0.798. The van der Waals surface area contributed by atoms with Crippen LogP contribution in [0.2, 0.25) is 0 Å². The van der Waals surface area contributed by atoms with Crippen molar-refractivity contribution in [2.45, 2.75) is 25.7 Å². The number of para-hydroxylation sites is 1. The first-order valence-corrected chi connectivity index (χ1v) is 9.46. The second-order valence-corrected chi connectivity index (χ2v) is 6.60. The molecule has 0 bridgehead atoms. The van der Waals surface area contributed by atoms with Crippen molar-refractivity contribution in [1.29, 1.82) is 0 Å². The molecule has 0 amide bonds. The van der Waals surface area contributed by atoms with Gasteiger partial charge < -0.3 is 9.47 Å². The molecule has 0 atom stereocenters. The Morgan fingerprint density at radius 1 is 0.840 bits per heavy atom. The molecule has 2 aromatic carbocycles. The molecule has 0 spiro atoms. The molecule has 1 saturated heterocycles. The highest BCUT2D eigenvalue weighted by Crippen LogP contribution is 2.20. The van der Waals surface area contributed by atoms with E-state index < -0.39 is 0 Å². The lowest BCUT2D eigenvalue weighted by molar-refractivity contribution is 0.0368. The normalized spacial score (nSPS) is 15.2. The van der Waals surface area contributed by atoms with E-state index >= 15 is 0 Å². The van der Waals surface area contributed by atoms with Crippen molar-refractivity contribution in [1.82, 2.24) is 4.90 Å². The Morgan fingerprint density at radius 3 is 2.44 bits per heavy atom. The van der Waals surface area contributed by atoms with Crippen LogP contribution in [0.4, 0.5) is 0 Å². The number of hydrogen-bond acceptors (Lipinski definition) is 3. The van der Waals surface area contributed by atoms with Gasteiger partial charge in [0.05, 0.1) is 19.8 Å². The molecule has 3 nitrogen and oxygen atoms in total. The Kier molecular flexibility index (Phi) is 7.34. The Hall–Kier alpha value is -1.84. The van der Waals surface area contributed by atoms with Crippen LogP contribution >= 0.6 is 0 Å². The van der Waals surface area contributed by atoms with Crippen molar-refractivity contribution in [2.75, 3.05) is 39.5 Å². The Bertz CT molecular complexity index is 608. The summed E-state index contributed by atoms with van der Waals surface area (Å²) in [7, 11) is 0. The highest BCUT2D eigenvalue weighted by molar-refractivity contribution is 5.34. The SMILES string of the molecule is c1ccc(CCc2ccccc2OCCCCN2CCOCC2)cc1. The quantitative estimate of drug-likeness (QED) is 0.646. The largest absolute Gasteiger partial charge is 0.493 e. The lowest BCUT2D eigenvalue weighted by Gasteiger charge is -2.26. The van der Waals surface area contributed by atoms with Gasteiger partial charge >= 0.3 is 0 Å². The van der Waals surface area contributed by atoms with Gasteiger partial charge in [0.15, 0.2) is 0 Å². The van der Waals surface area contributed by atoms with Gasteiger partial charge in [-0.25, -0.2) is 0 Å². The molecule has 1 aliphatic heterocycles. The lowest BCUT2D eigenvalue weighted by Crippen LogP contribution is -2.36. The zero-order valence-corrected chi connectivity index (χ0v) is 15.0. The van der Waals surface area contributed by atoms with E-state index in [1.54, 1.807) is 0 Å². The summed E-state index contributed by atoms with van der Waals surface area (Å²) >= 11 is 0. The average Bonchev–Trinajstić information content (AvgIpc) is 2.68. The van der Waals surface area contributed by atoms with Crippen LogP contribution < -0.4 is 4.74 Å². The fourth-order valence-electron chi connectivity index (χ4n) is 3.22. The van der Waals surface area contributed by atoms with Gasteiger partial charge in [-0.3, -0.25) is 4.90 Å². The summed E-state index contributed by atoms with van der Waals surface area (Å²) in [5.74, 6) is 1.05. The van der Waals surface area contributed by atoms with Crippen LogP contribution in [0.1, 0.15) is 24.0 Å². The molecule has 0 N–H and O–H groups in total. The van der Waals surface area contributed by atoms with E-state index in [0.29, 0.717) is 0 Å². The maximum atomic E-state index is 6.07. The van der Waals surface area contributed by atoms with Crippen LogP contribution in [0.25, 0.3) is 0 Å². The molecule has 3 rings (SSSR count). The Morgan fingerprint density at radius 2 is 1.60 bits per heavy atom. The molecule has 25 heavy (non-hydrogen) atoms. The second kappa shape index (κ2) is 10.2. The van der Waals surface area contributed by atoms with Crippen LogP contribution in [0, 0.1) is 0 Å². The van der Waals surface area contributed by atoms with Gasteiger partial charge in [0, 0.05) is 13.1 Å². The molecule has 0 unspecified atom stereocenters. The molecular weight excluding hydrogens is 310 g/mol. The Balaban J connectivity index is 1.39. The van der Waals surface area contributed by atoms with E-state index in [-0.39, 0.29) is 0 Å². The second-order valence-electron chi connectivity index (χ2n) is 6.60. The summed E-state index contributed by atoms with van der Waals surface area (Å²) in [5.41, 5.74) is 2.68. The molecule has 0 radical (unpaired) electrons. The predicted molar refractivity (Wildman–Crippen MR) is 102 cm³/mol. The van der Waals surface area contributed by atoms with Crippen molar-refractivity contribution in [3.05, 3.63) is 65.7 Å². The first-order valence-electron chi connectivity index (χ1n) is 9.46. The fourth-order valence-corrected chi connectivity index (χ4v) is 3.22. The minimum Gasteiger partial charge on any atom is -0.493 e. The maximum absolute atomic E-state index is 6.07. The predicted octanol–water partition coefficient (Wildman–Crippen LogP) is 3.96. The van der Waals surface area contributed by atoms with Crippen molar-refractivity contribution in [3.63, 3.8) is 0 Å². The number of aryl methyl sites for hydroxylation is 2. The molecule has 0 aromatic heterocycles. The first kappa shape index (κ1) is 18.0. The number of ether oxygens (including phenoxy) is 2. The van der Waals surface area contributed by atoms with Crippen LogP contribution in [-0.2, 0) is 17.6 Å². The molecule has 3 heteroatoms. The van der Waals surface area contributed by atoms with E-state index in [9.17, 15) is 0 Å². The number of rotatable bonds is 9. The number of morpholine rings is 1. The smallest absolute Gasteiger partial charge is 0.122 e. The van der Waals surface area contributed by atoms with E-state index in [4.69, 9.17) is 9.47 Å². The van der Waals surface area contributed by atoms with E-state index in [0.717, 1.165) is 64.5 Å². The van der Waals surface area contributed by atoms with Crippen molar-refractivity contribution < 1.29 is 9.47 Å². The summed E-state index contributed by atoms with van der Waals surface area (Å²) in [6, 6.07) is 19.1. The third-order valence-corrected chi connectivity index (χ3v) is 4.73. The van der Waals surface area contributed by atoms with Crippen LogP contribution in [0.3, 0.4) is 0 Å². The fraction of sp³-hybridized carbons (Fsp3) is 0.455. The van der Waals surface area contributed by atoms with Gasteiger partial charge in [0.1, 0.15) is 5.75 Å². The summed E-state index contributed by atoms with van der Waals surface area (Å²) in [5, 5.41) is 0. The van der Waals surface area contributed by atoms with Crippen molar-refractivity contribution in [2.24, 2.45) is 0 Å². The number of benzene rings is 2. The van der Waals surface area contributed by atoms with Crippen LogP contribution in [0.15, 0.2) is 54.6 Å². The zero-order chi connectivity index (χ0) is 17.2. The standard InChI is InChI=1S/C22H29NO2/c1-2-8-20(9-3-1)12-13-21-10-4-5-11-22(21)25-17-7-6-14-23-15-18-24-19-16-23/h1-5,8-11H,6-7,12-19H2. The number of nitrogens with zero attached hydrogens (tertiary/aromatic N) is 1. The van der Waals surface area contributed by atoms with Crippen LogP contribution in [0.5, 0.6) is 5.75 Å². The molecule has 0 saturated carbocycles. The maximum Gasteiger partial charge on any atom is 0.122 e. The highest BCUT2D eigenvalue weighted by atomic mass is 16.5. The third kappa shape index (κ3) is 6.18. The molecule has 1 fully saturated rings. The van der Waals surface area contributed by atoms with E-state index in [1.807, 2.05) is 0 Å². The highest BCUT2D eigenvalue weighted by Gasteiger charge is 2.09. The zero-order valence-electron chi connectivity index (χ0n) is 15.0. The minimum atomic E-state index is 0.798. The number of unbranched alkanes of at least 4 members (excludes halogenated alkanes) is 1. The molecule has 134 valence electrons. The molecule has 1 heterocycles. The summed E-state index contributed by atoms with van der Waals surface area (Å²) in [6.45, 7) is 5.86. The summed E-state index contributed by atoms with van der Waals surface area (Å²) in [4.78, 5) is 2.48. The molecule has 1 aliphatic rings. The molecular formula is C22H29NO2. The van der Waals surface area contributed by atoms with Gasteiger partial charge in [-0.1, -0.05) is 48.5 Å². The molecule has 0 aliphatic carbocycles. The van der Waals surface area contributed by atoms with Crippen LogP contribution in [-0.4, -0.2) is 44.4 Å². The van der Waals surface area contributed by atoms with Gasteiger partial charge in [-0.05, 0) is 49.4 Å². The monoisotopic (exact) mass is 339 g/mol. The van der Waals surface area contributed by atoms with Gasteiger partial charge in [0.25, 0.3) is 0 Å². The van der Waals surface area contributed by atoms with Gasteiger partial charge in [0.2, 0.25) is 0 Å². The van der Waals surface area contributed by atoms with Crippen molar-refractivity contribution >= 4 is 0 Å². The van der Waals surface area contributed by atoms with Gasteiger partial charge in [-0.2, -0.15) is 0 Å². The topological polar surface area (TPSA) is 21.7 Å². The summed E-state index contributed by atoms with van der Waals surface area (Å²) < 4.78 is 11.5. The van der Waals surface area contributed by atoms with E-state index in [2.05, 4.69) is 59.5 Å². The Labute approximate surface area is 151 Å². The number of hydrogen-bond donors (Lipinski definition) is 0. The van der Waals surface area contributed by atoms with Crippen molar-refractivity contribution in [3.8, 4) is 5.75 Å². The van der Waals surface area contributed by atoms with E-state index in [1.165, 1.54) is 17.5 Å². The molecule has 2 aromatic rings. The summed E-state index contributed by atoms with van der Waals surface area (Å²) in [6.07, 6.45) is 4.36.